The van der Waals surface area contributed by atoms with Gasteiger partial charge in [0.05, 0.1) is 20.9 Å². The van der Waals surface area contributed by atoms with E-state index in [-0.39, 0.29) is 16.3 Å². The van der Waals surface area contributed by atoms with E-state index in [9.17, 15) is 23.3 Å². The number of nitrogens with one attached hydrogen (secondary N) is 2. The number of hydrogen-bond acceptors (Lipinski definition) is 5. The standard InChI is InChI=1S/C18H15N3O5S/c1-12-6-8-13(9-7-12)27(25,26)20-18(22)19-16-10-11-17(21(23)24)15-5-3-2-4-14(15)16/h2-11H,1H3,(H2,19,20,22). The van der Waals surface area contributed by atoms with E-state index in [1.807, 2.05) is 11.6 Å². The lowest BCUT2D eigenvalue weighted by Crippen LogP contribution is -2.34. The zero-order valence-electron chi connectivity index (χ0n) is 14.2. The average molecular weight is 385 g/mol. The summed E-state index contributed by atoms with van der Waals surface area (Å²) in [6.07, 6.45) is 0. The van der Waals surface area contributed by atoms with Gasteiger partial charge in [0.15, 0.2) is 0 Å². The summed E-state index contributed by atoms with van der Waals surface area (Å²) in [5, 5.41) is 14.3. The molecule has 0 aromatic heterocycles. The Morgan fingerprint density at radius 2 is 1.59 bits per heavy atom. The summed E-state index contributed by atoms with van der Waals surface area (Å²) in [4.78, 5) is 22.8. The van der Waals surface area contributed by atoms with Crippen LogP contribution < -0.4 is 10.0 Å². The summed E-state index contributed by atoms with van der Waals surface area (Å²) in [5.74, 6) is 0. The fourth-order valence-electron chi connectivity index (χ4n) is 2.60. The molecule has 0 saturated carbocycles. The van der Waals surface area contributed by atoms with Crippen molar-refractivity contribution in [2.24, 2.45) is 0 Å². The highest BCUT2D eigenvalue weighted by Gasteiger charge is 2.19. The van der Waals surface area contributed by atoms with Crippen LogP contribution in [-0.4, -0.2) is 19.4 Å². The molecule has 0 saturated heterocycles. The van der Waals surface area contributed by atoms with Gasteiger partial charge in [0.2, 0.25) is 0 Å². The van der Waals surface area contributed by atoms with E-state index in [1.165, 1.54) is 24.3 Å². The van der Waals surface area contributed by atoms with E-state index in [0.29, 0.717) is 10.8 Å². The normalized spacial score (nSPS) is 11.1. The van der Waals surface area contributed by atoms with Crippen LogP contribution in [0.2, 0.25) is 0 Å². The zero-order valence-corrected chi connectivity index (χ0v) is 15.0. The number of rotatable bonds is 4. The Hall–Kier alpha value is -3.46. The van der Waals surface area contributed by atoms with Crippen LogP contribution >= 0.6 is 0 Å². The minimum Gasteiger partial charge on any atom is -0.307 e. The predicted octanol–water partition coefficient (Wildman–Crippen LogP) is 3.57. The molecule has 27 heavy (non-hydrogen) atoms. The number of aryl methyl sites for hydroxylation is 1. The number of non-ortho nitro benzene ring substituents is 1. The molecule has 3 aromatic carbocycles. The smallest absolute Gasteiger partial charge is 0.307 e. The van der Waals surface area contributed by atoms with Gasteiger partial charge in [0.25, 0.3) is 15.7 Å². The topological polar surface area (TPSA) is 118 Å². The highest BCUT2D eigenvalue weighted by Crippen LogP contribution is 2.31. The van der Waals surface area contributed by atoms with Crippen LogP contribution in [0.4, 0.5) is 16.2 Å². The Morgan fingerprint density at radius 1 is 0.963 bits per heavy atom. The van der Waals surface area contributed by atoms with Crippen molar-refractivity contribution in [2.75, 3.05) is 5.32 Å². The highest BCUT2D eigenvalue weighted by atomic mass is 32.2. The van der Waals surface area contributed by atoms with Gasteiger partial charge in [0, 0.05) is 11.5 Å². The number of hydrogen-bond donors (Lipinski definition) is 2. The monoisotopic (exact) mass is 385 g/mol. The molecule has 0 bridgehead atoms. The molecule has 9 heteroatoms. The van der Waals surface area contributed by atoms with Gasteiger partial charge in [0.1, 0.15) is 0 Å². The molecule has 0 radical (unpaired) electrons. The van der Waals surface area contributed by atoms with E-state index in [2.05, 4.69) is 5.32 Å². The van der Waals surface area contributed by atoms with Crippen molar-refractivity contribution >= 4 is 38.2 Å². The summed E-state index contributed by atoms with van der Waals surface area (Å²) < 4.78 is 26.5. The molecule has 0 atom stereocenters. The Bertz CT molecular complexity index is 1140. The fourth-order valence-corrected chi connectivity index (χ4v) is 3.50. The van der Waals surface area contributed by atoms with Crippen LogP contribution in [-0.2, 0) is 10.0 Å². The molecule has 2 N–H and O–H groups in total. The second-order valence-corrected chi connectivity index (χ2v) is 7.49. The van der Waals surface area contributed by atoms with Gasteiger partial charge < -0.3 is 5.32 Å². The number of nitrogens with zero attached hydrogens (tertiary/aromatic N) is 1. The van der Waals surface area contributed by atoms with Gasteiger partial charge in [-0.2, -0.15) is 0 Å². The number of nitro benzene ring substituents is 1. The van der Waals surface area contributed by atoms with Crippen molar-refractivity contribution < 1.29 is 18.1 Å². The van der Waals surface area contributed by atoms with Crippen molar-refractivity contribution in [3.05, 3.63) is 76.3 Å². The van der Waals surface area contributed by atoms with Gasteiger partial charge in [-0.05, 0) is 31.2 Å². The van der Waals surface area contributed by atoms with Gasteiger partial charge >= 0.3 is 6.03 Å². The molecule has 0 aliphatic carbocycles. The van der Waals surface area contributed by atoms with Crippen molar-refractivity contribution in [1.29, 1.82) is 0 Å². The highest BCUT2D eigenvalue weighted by molar-refractivity contribution is 7.90. The minimum absolute atomic E-state index is 0.0446. The van der Waals surface area contributed by atoms with Crippen LogP contribution in [0.15, 0.2) is 65.6 Å². The van der Waals surface area contributed by atoms with Gasteiger partial charge in [-0.25, -0.2) is 17.9 Å². The molecule has 0 heterocycles. The second kappa shape index (κ2) is 7.04. The first kappa shape index (κ1) is 18.3. The van der Waals surface area contributed by atoms with Crippen LogP contribution in [0.5, 0.6) is 0 Å². The van der Waals surface area contributed by atoms with Crippen molar-refractivity contribution in [1.82, 2.24) is 4.72 Å². The molecule has 0 spiro atoms. The molecule has 0 aliphatic heterocycles. The molecular weight excluding hydrogens is 370 g/mol. The molecule has 0 unspecified atom stereocenters. The Kier molecular flexibility index (Phi) is 4.78. The fraction of sp³-hybridized carbons (Fsp3) is 0.0556. The Morgan fingerprint density at radius 3 is 2.22 bits per heavy atom. The van der Waals surface area contributed by atoms with E-state index in [4.69, 9.17) is 0 Å². The molecule has 138 valence electrons. The average Bonchev–Trinajstić information content (AvgIpc) is 2.61. The van der Waals surface area contributed by atoms with Crippen LogP contribution in [0.25, 0.3) is 10.8 Å². The maximum Gasteiger partial charge on any atom is 0.333 e. The zero-order chi connectivity index (χ0) is 19.6. The summed E-state index contributed by atoms with van der Waals surface area (Å²) in [5.41, 5.74) is 1.03. The largest absolute Gasteiger partial charge is 0.333 e. The quantitative estimate of drug-likeness (QED) is 0.526. The molecule has 2 amide bonds. The maximum absolute atomic E-state index is 12.3. The number of sulfonamides is 1. The molecule has 0 fully saturated rings. The predicted molar refractivity (Wildman–Crippen MR) is 101 cm³/mol. The summed E-state index contributed by atoms with van der Waals surface area (Å²) in [6, 6.07) is 14.1. The number of nitro groups is 1. The summed E-state index contributed by atoms with van der Waals surface area (Å²) in [7, 11) is -4.04. The SMILES string of the molecule is Cc1ccc(S(=O)(=O)NC(=O)Nc2ccc([N+](=O)[O-])c3ccccc23)cc1. The lowest BCUT2D eigenvalue weighted by atomic mass is 10.1. The first-order chi connectivity index (χ1) is 12.8. The number of amides is 2. The summed E-state index contributed by atoms with van der Waals surface area (Å²) >= 11 is 0. The number of urea groups is 1. The first-order valence-electron chi connectivity index (χ1n) is 7.84. The third-order valence-corrected chi connectivity index (χ3v) is 5.25. The van der Waals surface area contributed by atoms with Gasteiger partial charge in [-0.15, -0.1) is 0 Å². The molecule has 3 aromatic rings. The maximum atomic E-state index is 12.3. The Balaban J connectivity index is 1.87. The van der Waals surface area contributed by atoms with Crippen LogP contribution in [0.3, 0.4) is 0 Å². The molecule has 0 aliphatic rings. The van der Waals surface area contributed by atoms with E-state index in [1.54, 1.807) is 36.4 Å². The first-order valence-corrected chi connectivity index (χ1v) is 9.33. The van der Waals surface area contributed by atoms with E-state index in [0.717, 1.165) is 5.56 Å². The third kappa shape index (κ3) is 3.87. The number of fused-ring (bicyclic) bond motifs is 1. The third-order valence-electron chi connectivity index (χ3n) is 3.90. The summed E-state index contributed by atoms with van der Waals surface area (Å²) in [6.45, 7) is 1.82. The van der Waals surface area contributed by atoms with Crippen molar-refractivity contribution in [3.8, 4) is 0 Å². The lowest BCUT2D eigenvalue weighted by molar-refractivity contribution is -0.383. The van der Waals surface area contributed by atoms with Gasteiger partial charge in [-0.3, -0.25) is 10.1 Å². The van der Waals surface area contributed by atoms with E-state index < -0.39 is 21.0 Å². The van der Waals surface area contributed by atoms with Crippen molar-refractivity contribution in [3.63, 3.8) is 0 Å². The number of anilines is 1. The molecule has 8 nitrogen and oxygen atoms in total. The molecule has 3 rings (SSSR count). The van der Waals surface area contributed by atoms with Crippen LogP contribution in [0.1, 0.15) is 5.56 Å². The number of carbonyl (C=O) groups excluding carboxylic acids is 1. The van der Waals surface area contributed by atoms with E-state index >= 15 is 0 Å². The minimum atomic E-state index is -4.04. The molecular formula is C18H15N3O5S. The van der Waals surface area contributed by atoms with Crippen molar-refractivity contribution in [2.45, 2.75) is 11.8 Å². The second-order valence-electron chi connectivity index (χ2n) is 5.81. The Labute approximate surface area is 155 Å². The number of benzene rings is 3. The lowest BCUT2D eigenvalue weighted by Gasteiger charge is -2.11. The van der Waals surface area contributed by atoms with Crippen LogP contribution in [0, 0.1) is 17.0 Å². The number of carbonyl (C=O) groups is 1. The van der Waals surface area contributed by atoms with Gasteiger partial charge in [-0.1, -0.05) is 35.9 Å².